The summed E-state index contributed by atoms with van der Waals surface area (Å²) >= 11 is 0. The average Bonchev–Trinajstić information content (AvgIpc) is 4.03. The number of nitrogens with zero attached hydrogens (tertiary/aromatic N) is 9. The van der Waals surface area contributed by atoms with Crippen LogP contribution in [0.5, 0.6) is 11.6 Å². The van der Waals surface area contributed by atoms with E-state index in [1.54, 1.807) is 36.6 Å². The minimum absolute atomic E-state index is 0.243. The molecule has 21 nitrogen and oxygen atoms in total. The molecular weight excluding hydrogens is 905 g/mol. The molecule has 1 aliphatic carbocycles. The van der Waals surface area contributed by atoms with Gasteiger partial charge in [-0.15, -0.1) is 5.10 Å². The van der Waals surface area contributed by atoms with Crippen molar-refractivity contribution in [2.24, 2.45) is 0 Å². The Hall–Kier alpha value is -4.86. The largest absolute Gasteiger partial charge is 0.487 e. The lowest BCUT2D eigenvalue weighted by atomic mass is 9.89. The summed E-state index contributed by atoms with van der Waals surface area (Å²) in [5.74, 6) is 1.36. The van der Waals surface area contributed by atoms with Crippen LogP contribution in [-0.2, 0) is 49.2 Å². The van der Waals surface area contributed by atoms with Gasteiger partial charge in [-0.3, -0.25) is 9.58 Å². The van der Waals surface area contributed by atoms with Gasteiger partial charge in [0.25, 0.3) is 5.88 Å². The zero-order chi connectivity index (χ0) is 49.0. The highest BCUT2D eigenvalue weighted by molar-refractivity contribution is 5.67. The highest BCUT2D eigenvalue weighted by Gasteiger charge is 2.32. The number of hydrogen-bond acceptors (Lipinski definition) is 19. The fourth-order valence-electron chi connectivity index (χ4n) is 8.25. The quantitative estimate of drug-likeness (QED) is 0.0591. The minimum atomic E-state index is -0.253. The van der Waals surface area contributed by atoms with Crippen molar-refractivity contribution < 1.29 is 52.1 Å². The maximum absolute atomic E-state index is 9.78. The van der Waals surface area contributed by atoms with Gasteiger partial charge in [-0.2, -0.15) is 10.4 Å². The van der Waals surface area contributed by atoms with E-state index in [1.165, 1.54) is 6.33 Å². The van der Waals surface area contributed by atoms with Crippen LogP contribution in [0, 0.1) is 11.3 Å². The summed E-state index contributed by atoms with van der Waals surface area (Å²) in [7, 11) is 1.65. The van der Waals surface area contributed by atoms with Gasteiger partial charge in [0.15, 0.2) is 0 Å². The molecule has 0 unspecified atom stereocenters. The highest BCUT2D eigenvalue weighted by atomic mass is 16.6. The lowest BCUT2D eigenvalue weighted by molar-refractivity contribution is -0.0852. The maximum Gasteiger partial charge on any atom is 0.256 e. The van der Waals surface area contributed by atoms with Crippen molar-refractivity contribution in [1.29, 1.82) is 5.26 Å². The molecule has 0 amide bonds. The first-order chi connectivity index (χ1) is 34.4. The van der Waals surface area contributed by atoms with E-state index in [4.69, 9.17) is 57.2 Å². The molecule has 70 heavy (non-hydrogen) atoms. The van der Waals surface area contributed by atoms with Crippen molar-refractivity contribution in [2.75, 3.05) is 131 Å². The van der Waals surface area contributed by atoms with E-state index in [0.717, 1.165) is 49.9 Å². The van der Waals surface area contributed by atoms with Crippen molar-refractivity contribution >= 4 is 11.6 Å². The molecule has 386 valence electrons. The molecule has 1 aliphatic heterocycles. The molecule has 2 aliphatic rings. The van der Waals surface area contributed by atoms with E-state index in [2.05, 4.69) is 50.2 Å². The van der Waals surface area contributed by atoms with Crippen molar-refractivity contribution in [3.63, 3.8) is 0 Å². The molecule has 6 rings (SSSR count). The third-order valence-electron chi connectivity index (χ3n) is 11.6. The van der Waals surface area contributed by atoms with Gasteiger partial charge in [0.1, 0.15) is 36.3 Å². The summed E-state index contributed by atoms with van der Waals surface area (Å²) in [5, 5.41) is 22.3. The number of benzene rings is 1. The average molecular weight is 979 g/mol. The predicted molar refractivity (Wildman–Crippen MR) is 258 cm³/mol. The van der Waals surface area contributed by atoms with Gasteiger partial charge in [-0.25, -0.2) is 19.6 Å². The summed E-state index contributed by atoms with van der Waals surface area (Å²) in [4.78, 5) is 15.9. The molecule has 4 aromatic rings. The van der Waals surface area contributed by atoms with Gasteiger partial charge in [0.2, 0.25) is 5.95 Å². The summed E-state index contributed by atoms with van der Waals surface area (Å²) < 4.78 is 66.0. The molecule has 2 fully saturated rings. The molecule has 0 bridgehead atoms. The fraction of sp³-hybridized carbons (Fsp3) is 0.673. The number of ether oxygens (including phenoxy) is 11. The predicted octanol–water partition coefficient (Wildman–Crippen LogP) is 5.14. The monoisotopic (exact) mass is 979 g/mol. The van der Waals surface area contributed by atoms with Crippen LogP contribution >= 0.6 is 0 Å². The number of nitriles is 1. The van der Waals surface area contributed by atoms with Crippen molar-refractivity contribution in [1.82, 2.24) is 39.4 Å². The van der Waals surface area contributed by atoms with Crippen LogP contribution in [0.4, 0.5) is 11.6 Å². The van der Waals surface area contributed by atoms with Crippen LogP contribution in [0.1, 0.15) is 64.5 Å². The minimum Gasteiger partial charge on any atom is -0.487 e. The zero-order valence-electron chi connectivity index (χ0n) is 41.5. The highest BCUT2D eigenvalue weighted by Crippen LogP contribution is 2.36. The Morgan fingerprint density at radius 3 is 1.87 bits per heavy atom. The molecule has 1 saturated carbocycles. The smallest absolute Gasteiger partial charge is 0.256 e. The number of aromatic nitrogens is 7. The molecule has 4 heterocycles. The van der Waals surface area contributed by atoms with Crippen molar-refractivity contribution in [3.8, 4) is 28.8 Å². The van der Waals surface area contributed by atoms with E-state index >= 15 is 0 Å². The van der Waals surface area contributed by atoms with Gasteiger partial charge in [0.05, 0.1) is 136 Å². The number of hydrogen-bond donors (Lipinski definition) is 1. The Labute approximate surface area is 412 Å². The lowest BCUT2D eigenvalue weighted by Crippen LogP contribution is -2.51. The van der Waals surface area contributed by atoms with E-state index in [9.17, 15) is 5.26 Å². The van der Waals surface area contributed by atoms with Crippen LogP contribution in [0.15, 0.2) is 49.4 Å². The standard InChI is InChI=1S/C49H74N10O11/c1-38-32-57(33-39(2)69-38)44-8-10-45(11-9-44)59-35-46(55-49-52-30-43(31-53-49)41-6-7-42(29-50)47(28-41)70-40(3)34-58-37-51-36-54-58)48(56-59)68-13-5-12-61-16-17-63-20-21-65-24-25-67-27-26-66-23-22-64-19-18-62-15-14-60-4/h6-7,28,30-31,35-40,44-45H,5,8-27,32-34H2,1-4H3,(H,52,53,55)/t38-,39+,40-,44?,45?/m0/s1. The Morgan fingerprint density at radius 1 is 0.743 bits per heavy atom. The molecule has 0 spiro atoms. The van der Waals surface area contributed by atoms with Crippen molar-refractivity contribution in [3.05, 3.63) is 55.0 Å². The lowest BCUT2D eigenvalue weighted by Gasteiger charge is -2.42. The van der Waals surface area contributed by atoms with Crippen LogP contribution in [-0.4, -0.2) is 190 Å². The number of methoxy groups -OCH3 is 1. The molecule has 3 aromatic heterocycles. The molecule has 0 radical (unpaired) electrons. The first-order valence-corrected chi connectivity index (χ1v) is 24.7. The molecule has 1 saturated heterocycles. The molecule has 21 heteroatoms. The molecule has 1 aromatic carbocycles. The summed E-state index contributed by atoms with van der Waals surface area (Å²) in [6.07, 6.45) is 13.7. The third-order valence-corrected chi connectivity index (χ3v) is 11.6. The first kappa shape index (κ1) is 54.5. The maximum atomic E-state index is 9.78. The third kappa shape index (κ3) is 19.4. The summed E-state index contributed by atoms with van der Waals surface area (Å²) in [6, 6.07) is 8.45. The van der Waals surface area contributed by atoms with E-state index in [1.807, 2.05) is 29.9 Å². The van der Waals surface area contributed by atoms with E-state index in [0.29, 0.717) is 154 Å². The van der Waals surface area contributed by atoms with Gasteiger partial charge in [0, 0.05) is 57.2 Å². The van der Waals surface area contributed by atoms with Crippen LogP contribution in [0.3, 0.4) is 0 Å². The van der Waals surface area contributed by atoms with E-state index < -0.39 is 0 Å². The Bertz CT molecular complexity index is 2040. The van der Waals surface area contributed by atoms with Gasteiger partial charge in [-0.05, 0) is 64.2 Å². The Kier molecular flexibility index (Phi) is 24.5. The second kappa shape index (κ2) is 31.5. The van der Waals surface area contributed by atoms with Crippen LogP contribution < -0.4 is 14.8 Å². The zero-order valence-corrected chi connectivity index (χ0v) is 41.5. The number of morpholine rings is 1. The topological polar surface area (TPSA) is 215 Å². The normalized spacial score (nSPS) is 19.0. The molecule has 3 atom stereocenters. The van der Waals surface area contributed by atoms with Crippen LogP contribution in [0.2, 0.25) is 0 Å². The number of nitrogens with one attached hydrogen (secondary N) is 1. The Morgan fingerprint density at radius 2 is 1.31 bits per heavy atom. The van der Waals surface area contributed by atoms with Crippen LogP contribution in [0.25, 0.3) is 11.1 Å². The molecular formula is C49H74N10O11. The molecule has 1 N–H and O–H groups in total. The second-order valence-electron chi connectivity index (χ2n) is 17.3. The second-order valence-corrected chi connectivity index (χ2v) is 17.3. The first-order valence-electron chi connectivity index (χ1n) is 24.7. The van der Waals surface area contributed by atoms with E-state index in [-0.39, 0.29) is 24.4 Å². The number of anilines is 2. The summed E-state index contributed by atoms with van der Waals surface area (Å²) in [6.45, 7) is 16.7. The number of rotatable bonds is 35. The summed E-state index contributed by atoms with van der Waals surface area (Å²) in [5.41, 5.74) is 2.70. The van der Waals surface area contributed by atoms with Gasteiger partial charge in [-0.1, -0.05) is 6.07 Å². The van der Waals surface area contributed by atoms with Gasteiger partial charge >= 0.3 is 0 Å². The fourth-order valence-corrected chi connectivity index (χ4v) is 8.25. The SMILES string of the molecule is COCCOCCOCCOCCOCCOCCOCCOCCCOc1nn(C2CCC(N3C[C@@H](C)O[C@@H](C)C3)CC2)cc1Nc1ncc(-c2ccc(C#N)c(O[C@@H](C)Cn3cncn3)c2)cn1. The van der Waals surface area contributed by atoms with Crippen molar-refractivity contribution in [2.45, 2.75) is 89.8 Å². The van der Waals surface area contributed by atoms with Gasteiger partial charge < -0.3 is 57.4 Å². The Balaban J connectivity index is 0.899.